The van der Waals surface area contributed by atoms with Crippen molar-refractivity contribution in [2.24, 2.45) is 4.99 Å². The number of nitrogen functional groups attached to an aromatic ring is 1. The maximum atomic E-state index is 9.28. The molecule has 0 saturated carbocycles. The molecule has 1 saturated heterocycles. The maximum Gasteiger partial charge on any atom is 0.171 e. The zero-order valence-electron chi connectivity index (χ0n) is 11.0. The van der Waals surface area contributed by atoms with Gasteiger partial charge in [0, 0.05) is 12.8 Å². The molecule has 0 aromatic carbocycles. The highest BCUT2D eigenvalue weighted by molar-refractivity contribution is 5.54. The number of rotatable bonds is 2. The first-order chi connectivity index (χ1) is 9.79. The molecule has 1 aliphatic rings. The van der Waals surface area contributed by atoms with Gasteiger partial charge >= 0.3 is 0 Å². The Labute approximate surface area is 116 Å². The largest absolute Gasteiger partial charge is 0.384 e. The van der Waals surface area contributed by atoms with Crippen molar-refractivity contribution in [2.45, 2.75) is 18.9 Å². The summed E-state index contributed by atoms with van der Waals surface area (Å²) >= 11 is 0. The fourth-order valence-corrected chi connectivity index (χ4v) is 2.33. The summed E-state index contributed by atoms with van der Waals surface area (Å²) < 4.78 is 7.21. The topological polar surface area (TPSA) is 88.7 Å². The summed E-state index contributed by atoms with van der Waals surface area (Å²) in [6, 6.07) is 7.64. The van der Waals surface area contributed by atoms with E-state index in [1.54, 1.807) is 10.6 Å². The molecular weight excluding hydrogens is 254 g/mol. The minimum atomic E-state index is 0.128. The van der Waals surface area contributed by atoms with Gasteiger partial charge < -0.3 is 10.5 Å². The lowest BCUT2D eigenvalue weighted by atomic mass is 10.2. The number of nitriles is 1. The molecule has 1 unspecified atom stereocenters. The van der Waals surface area contributed by atoms with Crippen LogP contribution in [0.1, 0.15) is 18.4 Å². The number of aromatic nitrogens is 2. The summed E-state index contributed by atoms with van der Waals surface area (Å²) in [5.41, 5.74) is 7.41. The highest BCUT2D eigenvalue weighted by Gasteiger charge is 2.15. The number of hydrogen-bond donors (Lipinski definition) is 1. The summed E-state index contributed by atoms with van der Waals surface area (Å²) in [6.07, 6.45) is 3.98. The smallest absolute Gasteiger partial charge is 0.171 e. The van der Waals surface area contributed by atoms with Gasteiger partial charge in [0.25, 0.3) is 0 Å². The summed E-state index contributed by atoms with van der Waals surface area (Å²) in [6.45, 7) is 1.30. The molecule has 1 aliphatic heterocycles. The van der Waals surface area contributed by atoms with E-state index >= 15 is 0 Å². The van der Waals surface area contributed by atoms with Gasteiger partial charge in [-0.25, -0.2) is 4.98 Å². The molecule has 0 aliphatic carbocycles. The first kappa shape index (κ1) is 12.6. The van der Waals surface area contributed by atoms with Crippen LogP contribution in [-0.2, 0) is 4.74 Å². The minimum Gasteiger partial charge on any atom is -0.384 e. The average molecular weight is 269 g/mol. The molecule has 3 heterocycles. The van der Waals surface area contributed by atoms with Crippen molar-refractivity contribution in [3.63, 3.8) is 0 Å². The summed E-state index contributed by atoms with van der Waals surface area (Å²) in [5.74, 6) is 0.365. The van der Waals surface area contributed by atoms with Crippen LogP contribution in [0.5, 0.6) is 0 Å². The van der Waals surface area contributed by atoms with Crippen LogP contribution in [0.15, 0.2) is 29.4 Å². The van der Waals surface area contributed by atoms with Crippen LogP contribution >= 0.6 is 0 Å². The lowest BCUT2D eigenvalue weighted by Crippen LogP contribution is -2.21. The molecule has 0 radical (unpaired) electrons. The fourth-order valence-electron chi connectivity index (χ4n) is 2.33. The maximum absolute atomic E-state index is 9.28. The molecule has 2 aromatic heterocycles. The van der Waals surface area contributed by atoms with Crippen molar-refractivity contribution in [3.05, 3.63) is 35.4 Å². The minimum absolute atomic E-state index is 0.128. The molecule has 0 spiro atoms. The van der Waals surface area contributed by atoms with Crippen molar-refractivity contribution in [3.8, 4) is 6.07 Å². The number of nitrogens with two attached hydrogens (primary N) is 1. The Balaban J connectivity index is 2.09. The third kappa shape index (κ3) is 2.24. The Bertz CT molecular complexity index is 737. The standard InChI is InChI=1S/C14H15N5O/c15-8-11-13(16)19-6-2-1-5-12(19)18-14(11)17-9-10-4-3-7-20-10/h1-2,5-6,10H,3-4,7,9,16H2. The average Bonchev–Trinajstić information content (AvgIpc) is 2.99. The van der Waals surface area contributed by atoms with Gasteiger partial charge in [0.1, 0.15) is 23.1 Å². The first-order valence-electron chi connectivity index (χ1n) is 6.58. The highest BCUT2D eigenvalue weighted by atomic mass is 16.5. The second-order valence-electron chi connectivity index (χ2n) is 4.71. The van der Waals surface area contributed by atoms with Gasteiger partial charge in [-0.15, -0.1) is 0 Å². The molecule has 1 fully saturated rings. The van der Waals surface area contributed by atoms with Crippen LogP contribution in [0.4, 0.5) is 5.82 Å². The lowest BCUT2D eigenvalue weighted by Gasteiger charge is -2.07. The van der Waals surface area contributed by atoms with E-state index in [2.05, 4.69) is 16.0 Å². The van der Waals surface area contributed by atoms with E-state index in [0.717, 1.165) is 19.4 Å². The second kappa shape index (κ2) is 5.31. The third-order valence-corrected chi connectivity index (χ3v) is 3.38. The molecule has 20 heavy (non-hydrogen) atoms. The third-order valence-electron chi connectivity index (χ3n) is 3.38. The molecule has 6 nitrogen and oxygen atoms in total. The van der Waals surface area contributed by atoms with E-state index in [9.17, 15) is 5.26 Å². The second-order valence-corrected chi connectivity index (χ2v) is 4.71. The number of ether oxygens (including phenoxy) is 1. The zero-order valence-corrected chi connectivity index (χ0v) is 11.0. The summed E-state index contributed by atoms with van der Waals surface area (Å²) in [7, 11) is 0. The number of fused-ring (bicyclic) bond motifs is 1. The highest BCUT2D eigenvalue weighted by Crippen LogP contribution is 2.12. The van der Waals surface area contributed by atoms with E-state index in [4.69, 9.17) is 10.5 Å². The fraction of sp³-hybridized carbons (Fsp3) is 0.357. The van der Waals surface area contributed by atoms with Crippen molar-refractivity contribution in [1.82, 2.24) is 9.38 Å². The van der Waals surface area contributed by atoms with Crippen LogP contribution in [0.3, 0.4) is 0 Å². The van der Waals surface area contributed by atoms with Crippen molar-refractivity contribution < 1.29 is 4.74 Å². The molecular formula is C14H15N5O. The van der Waals surface area contributed by atoms with Crippen LogP contribution < -0.4 is 11.2 Å². The number of anilines is 1. The Morgan fingerprint density at radius 3 is 3.20 bits per heavy atom. The van der Waals surface area contributed by atoms with E-state index < -0.39 is 0 Å². The summed E-state index contributed by atoms with van der Waals surface area (Å²) in [5, 5.41) is 9.28. The Hall–Kier alpha value is -2.39. The van der Waals surface area contributed by atoms with Gasteiger partial charge in [0.15, 0.2) is 5.49 Å². The van der Waals surface area contributed by atoms with Crippen molar-refractivity contribution in [2.75, 3.05) is 18.9 Å². The monoisotopic (exact) mass is 269 g/mol. The molecule has 6 heteroatoms. The molecule has 0 bridgehead atoms. The Morgan fingerprint density at radius 1 is 1.55 bits per heavy atom. The molecule has 0 amide bonds. The molecule has 3 rings (SSSR count). The van der Waals surface area contributed by atoms with Crippen molar-refractivity contribution in [1.29, 1.82) is 5.26 Å². The van der Waals surface area contributed by atoms with Gasteiger partial charge in [-0.3, -0.25) is 9.39 Å². The van der Waals surface area contributed by atoms with Gasteiger partial charge in [0.05, 0.1) is 12.6 Å². The van der Waals surface area contributed by atoms with Gasteiger partial charge in [-0.05, 0) is 25.0 Å². The van der Waals surface area contributed by atoms with Gasteiger partial charge in [-0.2, -0.15) is 5.26 Å². The van der Waals surface area contributed by atoms with E-state index in [1.165, 1.54) is 0 Å². The molecule has 1 atom stereocenters. The van der Waals surface area contributed by atoms with E-state index in [0.29, 0.717) is 29.1 Å². The Kier molecular flexibility index (Phi) is 3.35. The van der Waals surface area contributed by atoms with Gasteiger partial charge in [0.2, 0.25) is 0 Å². The van der Waals surface area contributed by atoms with Crippen LogP contribution in [0, 0.1) is 11.3 Å². The normalized spacial score (nSPS) is 19.4. The van der Waals surface area contributed by atoms with Crippen LogP contribution in [0.2, 0.25) is 0 Å². The predicted molar refractivity (Wildman–Crippen MR) is 73.7 cm³/mol. The van der Waals surface area contributed by atoms with Gasteiger partial charge in [-0.1, -0.05) is 6.07 Å². The SMILES string of the molecule is N#Cc1c(N)n2ccccc2nc1=NCC1CCCO1. The molecule has 102 valence electrons. The first-order valence-corrected chi connectivity index (χ1v) is 6.58. The molecule has 2 aromatic rings. The van der Waals surface area contributed by atoms with E-state index in [1.807, 2.05) is 18.2 Å². The van der Waals surface area contributed by atoms with Crippen LogP contribution in [-0.4, -0.2) is 28.6 Å². The number of pyridine rings is 1. The van der Waals surface area contributed by atoms with Crippen molar-refractivity contribution >= 4 is 11.5 Å². The summed E-state index contributed by atoms with van der Waals surface area (Å²) in [4.78, 5) is 8.82. The number of hydrogen-bond acceptors (Lipinski definition) is 5. The lowest BCUT2D eigenvalue weighted by molar-refractivity contribution is 0.117. The predicted octanol–water partition coefficient (Wildman–Crippen LogP) is 0.868. The quantitative estimate of drug-likeness (QED) is 0.876. The van der Waals surface area contributed by atoms with Crippen LogP contribution in [0.25, 0.3) is 5.65 Å². The molecule has 2 N–H and O–H groups in total. The number of nitrogens with zero attached hydrogens (tertiary/aromatic N) is 4. The zero-order chi connectivity index (χ0) is 13.9. The van der Waals surface area contributed by atoms with E-state index in [-0.39, 0.29) is 6.10 Å². The Morgan fingerprint density at radius 2 is 2.45 bits per heavy atom.